The molecule has 2 aromatic carbocycles. The lowest BCUT2D eigenvalue weighted by Crippen LogP contribution is -1.93. The number of hydrogen-bond donors (Lipinski definition) is 0. The molecule has 2 aromatic rings. The van der Waals surface area contributed by atoms with Gasteiger partial charge in [0.2, 0.25) is 0 Å². The summed E-state index contributed by atoms with van der Waals surface area (Å²) in [5.74, 6) is 0. The summed E-state index contributed by atoms with van der Waals surface area (Å²) in [6, 6.07) is 13.9. The van der Waals surface area contributed by atoms with Crippen LogP contribution in [0.1, 0.15) is 59.6 Å². The van der Waals surface area contributed by atoms with E-state index in [-0.39, 0.29) is 0 Å². The molecule has 0 atom stereocenters. The quantitative estimate of drug-likeness (QED) is 0.568. The van der Waals surface area contributed by atoms with Gasteiger partial charge in [-0.15, -0.1) is 0 Å². The summed E-state index contributed by atoms with van der Waals surface area (Å²) in [5.41, 5.74) is 11.4. The molecule has 0 nitrogen and oxygen atoms in total. The van der Waals surface area contributed by atoms with Gasteiger partial charge >= 0.3 is 0 Å². The first-order chi connectivity index (χ1) is 12.2. The highest BCUT2D eigenvalue weighted by Gasteiger charge is 2.14. The molecule has 4 rings (SSSR count). The van der Waals surface area contributed by atoms with E-state index in [1.54, 1.807) is 0 Å². The molecule has 0 saturated heterocycles. The van der Waals surface area contributed by atoms with Crippen molar-refractivity contribution in [2.45, 2.75) is 46.0 Å². The predicted molar refractivity (Wildman–Crippen MR) is 110 cm³/mol. The van der Waals surface area contributed by atoms with E-state index in [2.05, 4.69) is 74.5 Å². The van der Waals surface area contributed by atoms with E-state index in [9.17, 15) is 0 Å². The van der Waals surface area contributed by atoms with Crippen molar-refractivity contribution in [2.75, 3.05) is 0 Å². The van der Waals surface area contributed by atoms with Gasteiger partial charge in [0.1, 0.15) is 0 Å². The van der Waals surface area contributed by atoms with Gasteiger partial charge in [-0.1, -0.05) is 68.0 Å². The van der Waals surface area contributed by atoms with E-state index >= 15 is 0 Å². The zero-order chi connectivity index (χ0) is 17.2. The van der Waals surface area contributed by atoms with Crippen LogP contribution in [0.5, 0.6) is 0 Å². The van der Waals surface area contributed by atoms with E-state index in [0.717, 1.165) is 12.8 Å². The van der Waals surface area contributed by atoms with Gasteiger partial charge < -0.3 is 0 Å². The molecule has 0 saturated carbocycles. The van der Waals surface area contributed by atoms with Gasteiger partial charge in [-0.25, -0.2) is 0 Å². The molecule has 25 heavy (non-hydrogen) atoms. The Morgan fingerprint density at radius 1 is 0.920 bits per heavy atom. The minimum atomic E-state index is 1.04. The molecule has 0 heterocycles. The number of allylic oxidation sites excluding steroid dienone is 5. The van der Waals surface area contributed by atoms with Crippen LogP contribution in [-0.2, 0) is 12.8 Å². The third-order valence-corrected chi connectivity index (χ3v) is 5.53. The second kappa shape index (κ2) is 6.88. The minimum Gasteiger partial charge on any atom is -0.0795 e. The van der Waals surface area contributed by atoms with Gasteiger partial charge in [-0.05, 0) is 83.2 Å². The van der Waals surface area contributed by atoms with Gasteiger partial charge in [-0.3, -0.25) is 0 Å². The fraction of sp³-hybridized carbons (Fsp3) is 0.280. The van der Waals surface area contributed by atoms with Crippen molar-refractivity contribution < 1.29 is 0 Å². The fourth-order valence-corrected chi connectivity index (χ4v) is 3.91. The summed E-state index contributed by atoms with van der Waals surface area (Å²) in [6.45, 7) is 4.51. The molecule has 0 unspecified atom stereocenters. The Morgan fingerprint density at radius 2 is 1.68 bits per heavy atom. The Kier molecular flexibility index (Phi) is 4.44. The second-order valence-corrected chi connectivity index (χ2v) is 7.33. The highest BCUT2D eigenvalue weighted by molar-refractivity contribution is 5.87. The number of fused-ring (bicyclic) bond motifs is 1. The Hall–Kier alpha value is -2.34. The molecule has 0 bridgehead atoms. The van der Waals surface area contributed by atoms with Crippen LogP contribution in [0.3, 0.4) is 0 Å². The van der Waals surface area contributed by atoms with Crippen molar-refractivity contribution in [3.8, 4) is 0 Å². The first-order valence-electron chi connectivity index (χ1n) is 9.54. The van der Waals surface area contributed by atoms with E-state index in [1.807, 2.05) is 0 Å². The smallest absolute Gasteiger partial charge is 0.00139 e. The number of benzene rings is 2. The zero-order valence-corrected chi connectivity index (χ0v) is 15.3. The normalized spacial score (nSPS) is 15.3. The Bertz CT molecular complexity index is 890. The summed E-state index contributed by atoms with van der Waals surface area (Å²) >= 11 is 0. The molecule has 126 valence electrons. The molecule has 2 aliphatic carbocycles. The maximum atomic E-state index is 2.37. The lowest BCUT2D eigenvalue weighted by Gasteiger charge is -2.11. The van der Waals surface area contributed by atoms with Gasteiger partial charge in [-0.2, -0.15) is 0 Å². The third-order valence-electron chi connectivity index (χ3n) is 5.53. The third kappa shape index (κ3) is 3.26. The maximum Gasteiger partial charge on any atom is -0.00139 e. The van der Waals surface area contributed by atoms with Crippen LogP contribution in [0.25, 0.3) is 17.2 Å². The molecule has 0 N–H and O–H groups in total. The first-order valence-corrected chi connectivity index (χ1v) is 9.54. The molecular weight excluding hydrogens is 300 g/mol. The molecule has 0 aliphatic heterocycles. The van der Waals surface area contributed by atoms with Crippen LogP contribution in [0.2, 0.25) is 0 Å². The van der Waals surface area contributed by atoms with Gasteiger partial charge in [0.25, 0.3) is 0 Å². The lowest BCUT2D eigenvalue weighted by atomic mass is 9.94. The van der Waals surface area contributed by atoms with Crippen molar-refractivity contribution in [1.29, 1.82) is 0 Å². The monoisotopic (exact) mass is 326 g/mol. The van der Waals surface area contributed by atoms with Crippen molar-refractivity contribution in [3.63, 3.8) is 0 Å². The molecule has 0 fully saturated rings. The molecular formula is C25H26. The highest BCUT2D eigenvalue weighted by Crippen LogP contribution is 2.36. The zero-order valence-electron chi connectivity index (χ0n) is 15.3. The Morgan fingerprint density at radius 3 is 2.44 bits per heavy atom. The molecule has 0 aromatic heterocycles. The number of aryl methyl sites for hydroxylation is 2. The van der Waals surface area contributed by atoms with Crippen molar-refractivity contribution in [1.82, 2.24) is 0 Å². The summed E-state index contributed by atoms with van der Waals surface area (Å²) in [5, 5.41) is 0. The molecule has 0 spiro atoms. The topological polar surface area (TPSA) is 0 Å². The second-order valence-electron chi connectivity index (χ2n) is 7.33. The number of hydrogen-bond acceptors (Lipinski definition) is 0. The average Bonchev–Trinajstić information content (AvgIpc) is 3.29. The Labute approximate surface area is 151 Å². The summed E-state index contributed by atoms with van der Waals surface area (Å²) in [7, 11) is 0. The SMILES string of the molecule is CCCCc1ccc(C2=CC=C(c3ccc4c(c3)C=CC4)C2)cc1C. The van der Waals surface area contributed by atoms with Crippen LogP contribution >= 0.6 is 0 Å². The van der Waals surface area contributed by atoms with Crippen LogP contribution in [0.4, 0.5) is 0 Å². The van der Waals surface area contributed by atoms with Gasteiger partial charge in [0.05, 0.1) is 0 Å². The molecule has 0 amide bonds. The van der Waals surface area contributed by atoms with Crippen molar-refractivity contribution >= 4 is 17.2 Å². The first kappa shape index (κ1) is 16.1. The van der Waals surface area contributed by atoms with E-state index in [4.69, 9.17) is 0 Å². The Balaban J connectivity index is 1.50. The average molecular weight is 326 g/mol. The van der Waals surface area contributed by atoms with Crippen molar-refractivity contribution in [3.05, 3.63) is 88.0 Å². The minimum absolute atomic E-state index is 1.04. The largest absolute Gasteiger partial charge is 0.0795 e. The predicted octanol–water partition coefficient (Wildman–Crippen LogP) is 6.78. The van der Waals surface area contributed by atoms with Crippen LogP contribution in [0, 0.1) is 6.92 Å². The summed E-state index contributed by atoms with van der Waals surface area (Å²) in [6.07, 6.45) is 15.0. The van der Waals surface area contributed by atoms with Gasteiger partial charge in [0, 0.05) is 0 Å². The maximum absolute atomic E-state index is 2.37. The fourth-order valence-electron chi connectivity index (χ4n) is 3.91. The molecule has 0 heteroatoms. The van der Waals surface area contributed by atoms with E-state index in [0.29, 0.717) is 0 Å². The van der Waals surface area contributed by atoms with Crippen LogP contribution in [-0.4, -0.2) is 0 Å². The van der Waals surface area contributed by atoms with Gasteiger partial charge in [0.15, 0.2) is 0 Å². The highest BCUT2D eigenvalue weighted by atomic mass is 14.2. The lowest BCUT2D eigenvalue weighted by molar-refractivity contribution is 0.791. The van der Waals surface area contributed by atoms with E-state index < -0.39 is 0 Å². The summed E-state index contributed by atoms with van der Waals surface area (Å²) < 4.78 is 0. The number of unbranched alkanes of at least 4 members (excludes halogenated alkanes) is 1. The molecule has 2 aliphatic rings. The van der Waals surface area contributed by atoms with Crippen molar-refractivity contribution in [2.24, 2.45) is 0 Å². The van der Waals surface area contributed by atoms with E-state index in [1.165, 1.54) is 63.8 Å². The van der Waals surface area contributed by atoms with Crippen LogP contribution in [0.15, 0.2) is 54.6 Å². The number of rotatable bonds is 5. The standard InChI is InChI=1S/C25H26/c1-3-4-6-19-9-11-22(15-18(19)2)23-13-14-25(17-23)24-12-10-20-7-5-8-21(20)16-24/h5,8-16H,3-4,6-7,17H2,1-2H3. The van der Waals surface area contributed by atoms with Crippen LogP contribution < -0.4 is 0 Å². The summed E-state index contributed by atoms with van der Waals surface area (Å²) in [4.78, 5) is 0. The molecule has 0 radical (unpaired) electrons.